The van der Waals surface area contributed by atoms with Crippen molar-refractivity contribution in [1.29, 1.82) is 0 Å². The van der Waals surface area contributed by atoms with Crippen molar-refractivity contribution < 1.29 is 17.6 Å². The third-order valence-corrected chi connectivity index (χ3v) is 6.11. The quantitative estimate of drug-likeness (QED) is 0.393. The fourth-order valence-electron chi connectivity index (χ4n) is 4.39. The second-order valence-corrected chi connectivity index (χ2v) is 10.0. The van der Waals surface area contributed by atoms with Crippen LogP contribution in [0.1, 0.15) is 37.6 Å². The van der Waals surface area contributed by atoms with Crippen LogP contribution in [-0.2, 0) is 24.9 Å². The van der Waals surface area contributed by atoms with Crippen LogP contribution in [-0.4, -0.2) is 37.0 Å². The Morgan fingerprint density at radius 3 is 2.59 bits per heavy atom. The molecule has 1 aromatic carbocycles. The third-order valence-electron chi connectivity index (χ3n) is 6.11. The predicted octanol–water partition coefficient (Wildman–Crippen LogP) is 4.37. The van der Waals surface area contributed by atoms with Crippen molar-refractivity contribution in [1.82, 2.24) is 29.6 Å². The number of hydrogen-bond acceptors (Lipinski definition) is 6. The molecule has 0 saturated heterocycles. The second-order valence-electron chi connectivity index (χ2n) is 10.0. The predicted molar refractivity (Wildman–Crippen MR) is 131 cm³/mol. The fraction of sp³-hybridized carbons (Fsp3) is 0.360. The van der Waals surface area contributed by atoms with Gasteiger partial charge in [0.1, 0.15) is 17.7 Å². The highest BCUT2D eigenvalue weighted by atomic mass is 19.4. The van der Waals surface area contributed by atoms with Gasteiger partial charge in [-0.25, -0.2) is 23.7 Å². The van der Waals surface area contributed by atoms with Gasteiger partial charge in [0.2, 0.25) is 5.95 Å². The van der Waals surface area contributed by atoms with Gasteiger partial charge in [-0.2, -0.15) is 18.2 Å². The molecule has 0 radical (unpaired) electrons. The molecular formula is C25H25F4N7O. The summed E-state index contributed by atoms with van der Waals surface area (Å²) in [7, 11) is 0. The highest BCUT2D eigenvalue weighted by Gasteiger charge is 2.32. The van der Waals surface area contributed by atoms with Crippen LogP contribution in [0.3, 0.4) is 0 Å². The third kappa shape index (κ3) is 4.93. The molecule has 1 aliphatic heterocycles. The topological polar surface area (TPSA) is 89.7 Å². The van der Waals surface area contributed by atoms with Crippen molar-refractivity contribution in [3.63, 3.8) is 0 Å². The summed E-state index contributed by atoms with van der Waals surface area (Å²) >= 11 is 0. The van der Waals surface area contributed by atoms with Gasteiger partial charge in [-0.05, 0) is 48.4 Å². The molecule has 194 valence electrons. The number of alkyl halides is 3. The molecular weight excluding hydrogens is 490 g/mol. The van der Waals surface area contributed by atoms with Crippen molar-refractivity contribution in [2.45, 2.75) is 51.9 Å². The zero-order valence-corrected chi connectivity index (χ0v) is 20.4. The van der Waals surface area contributed by atoms with Crippen molar-refractivity contribution in [2.75, 3.05) is 11.9 Å². The fourth-order valence-corrected chi connectivity index (χ4v) is 4.39. The number of hydrogen-bond donors (Lipinski definition) is 2. The lowest BCUT2D eigenvalue weighted by molar-refractivity contribution is -0.144. The summed E-state index contributed by atoms with van der Waals surface area (Å²) in [5, 5.41) is 6.26. The van der Waals surface area contributed by atoms with E-state index in [2.05, 4.69) is 25.6 Å². The van der Waals surface area contributed by atoms with Crippen LogP contribution in [0.5, 0.6) is 0 Å². The summed E-state index contributed by atoms with van der Waals surface area (Å²) in [6.45, 7) is 5.26. The monoisotopic (exact) mass is 515 g/mol. The number of benzene rings is 1. The Kier molecular flexibility index (Phi) is 6.01. The molecule has 37 heavy (non-hydrogen) atoms. The molecule has 0 fully saturated rings. The Hall–Kier alpha value is -3.80. The van der Waals surface area contributed by atoms with Gasteiger partial charge in [-0.15, -0.1) is 0 Å². The van der Waals surface area contributed by atoms with E-state index in [0.717, 1.165) is 30.3 Å². The molecule has 5 rings (SSSR count). The van der Waals surface area contributed by atoms with E-state index in [1.807, 2.05) is 18.2 Å². The first-order valence-corrected chi connectivity index (χ1v) is 11.7. The molecule has 3 aromatic heterocycles. The first kappa shape index (κ1) is 24.9. The molecule has 0 aliphatic carbocycles. The highest BCUT2D eigenvalue weighted by molar-refractivity contribution is 5.77. The molecule has 12 heteroatoms. The maximum absolute atomic E-state index is 14.5. The number of halogens is 4. The van der Waals surface area contributed by atoms with E-state index in [-0.39, 0.29) is 28.5 Å². The molecule has 0 bridgehead atoms. The smallest absolute Gasteiger partial charge is 0.324 e. The number of pyridine rings is 1. The number of nitrogens with one attached hydrogen (secondary N) is 2. The lowest BCUT2D eigenvalue weighted by atomic mass is 9.91. The van der Waals surface area contributed by atoms with E-state index < -0.39 is 29.5 Å². The summed E-state index contributed by atoms with van der Waals surface area (Å²) < 4.78 is 56.4. The molecule has 8 nitrogen and oxygen atoms in total. The lowest BCUT2D eigenvalue weighted by Gasteiger charge is -2.20. The lowest BCUT2D eigenvalue weighted by Crippen LogP contribution is -2.31. The number of rotatable bonds is 4. The van der Waals surface area contributed by atoms with Crippen LogP contribution >= 0.6 is 0 Å². The Balaban J connectivity index is 1.66. The Labute approximate surface area is 209 Å². The van der Waals surface area contributed by atoms with Crippen molar-refractivity contribution in [3.05, 3.63) is 69.5 Å². The molecule has 0 saturated carbocycles. The molecule has 0 spiro atoms. The van der Waals surface area contributed by atoms with Crippen LogP contribution in [0, 0.1) is 5.82 Å². The minimum Gasteiger partial charge on any atom is -0.324 e. The van der Waals surface area contributed by atoms with Gasteiger partial charge in [0, 0.05) is 23.8 Å². The zero-order valence-electron chi connectivity index (χ0n) is 20.4. The number of aromatic nitrogens is 5. The van der Waals surface area contributed by atoms with E-state index in [0.29, 0.717) is 10.4 Å². The molecule has 0 amide bonds. The van der Waals surface area contributed by atoms with Gasteiger partial charge in [0.25, 0.3) is 5.56 Å². The van der Waals surface area contributed by atoms with E-state index in [4.69, 9.17) is 0 Å². The Bertz CT molecular complexity index is 1550. The largest absolute Gasteiger partial charge is 0.408 e. The first-order valence-electron chi connectivity index (χ1n) is 11.7. The molecule has 0 unspecified atom stereocenters. The van der Waals surface area contributed by atoms with E-state index >= 15 is 0 Å². The summed E-state index contributed by atoms with van der Waals surface area (Å²) in [6, 6.07) is 8.16. The summed E-state index contributed by atoms with van der Waals surface area (Å²) in [4.78, 5) is 25.9. The van der Waals surface area contributed by atoms with Crippen molar-refractivity contribution in [3.8, 4) is 5.82 Å². The van der Waals surface area contributed by atoms with Gasteiger partial charge < -0.3 is 10.6 Å². The summed E-state index contributed by atoms with van der Waals surface area (Å²) in [5.41, 5.74) is 1.37. The van der Waals surface area contributed by atoms with E-state index in [9.17, 15) is 22.4 Å². The number of nitrogens with zero attached hydrogens (tertiary/aromatic N) is 5. The Morgan fingerprint density at radius 1 is 1.08 bits per heavy atom. The van der Waals surface area contributed by atoms with Gasteiger partial charge in [-0.1, -0.05) is 26.8 Å². The molecule has 0 atom stereocenters. The normalized spacial score (nSPS) is 14.1. The minimum atomic E-state index is -4.70. The highest BCUT2D eigenvalue weighted by Crippen LogP contribution is 2.27. The molecule has 1 aliphatic rings. The van der Waals surface area contributed by atoms with Crippen LogP contribution < -0.4 is 16.2 Å². The number of anilines is 2. The van der Waals surface area contributed by atoms with Crippen LogP contribution in [0.4, 0.5) is 29.2 Å². The van der Waals surface area contributed by atoms with Gasteiger partial charge in [0.15, 0.2) is 11.5 Å². The summed E-state index contributed by atoms with van der Waals surface area (Å²) in [6.07, 6.45) is -2.65. The van der Waals surface area contributed by atoms with E-state index in [1.165, 1.54) is 23.4 Å². The maximum Gasteiger partial charge on any atom is 0.408 e. The average molecular weight is 516 g/mol. The molecule has 2 N–H and O–H groups in total. The van der Waals surface area contributed by atoms with Crippen LogP contribution in [0.2, 0.25) is 0 Å². The standard InChI is InChI=1S/C25H25F4N7O/c1-24(2,3)20-18(26)6-7-19(33-20)36-21-17(22(37)35(36)13-25(27,28)29)12-31-23(34-21)32-16-5-4-15-11-30-9-8-14(15)10-16/h4-7,10,12,30H,8-9,11,13H2,1-3H3,(H,31,32,34). The second kappa shape index (κ2) is 8.94. The van der Waals surface area contributed by atoms with E-state index in [1.54, 1.807) is 20.8 Å². The average Bonchev–Trinajstić information content (AvgIpc) is 3.08. The SMILES string of the molecule is CC(C)(C)c1nc(-n2c3nc(Nc4ccc5c(c4)CCNC5)ncc3c(=O)n2CC(F)(F)F)ccc1F. The first-order chi connectivity index (χ1) is 17.4. The van der Waals surface area contributed by atoms with Gasteiger partial charge in [0.05, 0.1) is 5.69 Å². The van der Waals surface area contributed by atoms with Crippen molar-refractivity contribution >= 4 is 22.7 Å². The number of fused-ring (bicyclic) bond motifs is 2. The molecule has 4 aromatic rings. The van der Waals surface area contributed by atoms with Crippen LogP contribution in [0.15, 0.2) is 41.3 Å². The van der Waals surface area contributed by atoms with Gasteiger partial charge >= 0.3 is 6.18 Å². The zero-order chi connectivity index (χ0) is 26.5. The molecule has 4 heterocycles. The van der Waals surface area contributed by atoms with Crippen LogP contribution in [0.25, 0.3) is 16.9 Å². The maximum atomic E-state index is 14.5. The summed E-state index contributed by atoms with van der Waals surface area (Å²) in [5.74, 6) is -0.567. The van der Waals surface area contributed by atoms with Gasteiger partial charge in [-0.3, -0.25) is 4.79 Å². The van der Waals surface area contributed by atoms with Crippen molar-refractivity contribution in [2.24, 2.45) is 0 Å². The Morgan fingerprint density at radius 2 is 1.86 bits per heavy atom. The minimum absolute atomic E-state index is 0.0498.